The lowest BCUT2D eigenvalue weighted by Gasteiger charge is -2.63. The molecule has 4 bridgehead atoms. The lowest BCUT2D eigenvalue weighted by molar-refractivity contribution is -0.254. The SMILES string of the molecule is CC(C)[C@H]1CCC(C)[C@@H]2CC[C@@]3(C)OC(=O)O[C@@]34[C@@H]2[C@H](O)[C@H](CO)C[C@@H]14. The number of aliphatic hydroxyl groups excluding tert-OH is 2. The molecule has 3 saturated carbocycles. The van der Waals surface area contributed by atoms with Gasteiger partial charge >= 0.3 is 6.16 Å². The zero-order valence-corrected chi connectivity index (χ0v) is 16.5. The first kappa shape index (κ1) is 18.5. The van der Waals surface area contributed by atoms with Gasteiger partial charge in [0.1, 0.15) is 0 Å². The van der Waals surface area contributed by atoms with Gasteiger partial charge in [-0.3, -0.25) is 0 Å². The Morgan fingerprint density at radius 1 is 1.23 bits per heavy atom. The average Bonchev–Trinajstić information content (AvgIpc) is 2.84. The summed E-state index contributed by atoms with van der Waals surface area (Å²) < 4.78 is 11.9. The summed E-state index contributed by atoms with van der Waals surface area (Å²) in [6.45, 7) is 8.78. The van der Waals surface area contributed by atoms with Crippen LogP contribution in [-0.4, -0.2) is 40.3 Å². The highest BCUT2D eigenvalue weighted by molar-refractivity contribution is 5.65. The smallest absolute Gasteiger partial charge is 0.424 e. The van der Waals surface area contributed by atoms with Crippen molar-refractivity contribution in [3.63, 3.8) is 0 Å². The Morgan fingerprint density at radius 3 is 2.62 bits per heavy atom. The molecule has 1 saturated heterocycles. The van der Waals surface area contributed by atoms with Crippen LogP contribution in [0.4, 0.5) is 4.79 Å². The Hall–Kier alpha value is -0.810. The van der Waals surface area contributed by atoms with Crippen molar-refractivity contribution in [2.24, 2.45) is 41.4 Å². The topological polar surface area (TPSA) is 76.0 Å². The molecule has 0 aromatic heterocycles. The quantitative estimate of drug-likeness (QED) is 0.733. The molecular weight excluding hydrogens is 332 g/mol. The fourth-order valence-corrected chi connectivity index (χ4v) is 7.28. The molecule has 26 heavy (non-hydrogen) atoms. The average molecular weight is 366 g/mol. The number of ether oxygens (including phenoxy) is 2. The monoisotopic (exact) mass is 366 g/mol. The van der Waals surface area contributed by atoms with E-state index >= 15 is 0 Å². The molecule has 9 atom stereocenters. The van der Waals surface area contributed by atoms with Gasteiger partial charge in [-0.1, -0.05) is 27.2 Å². The number of hydrogen-bond acceptors (Lipinski definition) is 5. The van der Waals surface area contributed by atoms with E-state index in [9.17, 15) is 15.0 Å². The largest absolute Gasteiger partial charge is 0.509 e. The van der Waals surface area contributed by atoms with Crippen LogP contribution in [0.25, 0.3) is 0 Å². The van der Waals surface area contributed by atoms with Gasteiger partial charge in [0, 0.05) is 24.4 Å². The number of carbonyl (C=O) groups is 1. The second-order valence-electron chi connectivity index (χ2n) is 9.94. The second kappa shape index (κ2) is 6.10. The van der Waals surface area contributed by atoms with Crippen LogP contribution in [0, 0.1) is 41.4 Å². The van der Waals surface area contributed by atoms with Crippen molar-refractivity contribution in [1.29, 1.82) is 0 Å². The minimum atomic E-state index is -0.762. The summed E-state index contributed by atoms with van der Waals surface area (Å²) in [5, 5.41) is 21.3. The maximum atomic E-state index is 12.4. The minimum Gasteiger partial charge on any atom is -0.424 e. The van der Waals surface area contributed by atoms with Crippen molar-refractivity contribution < 1.29 is 24.5 Å². The highest BCUT2D eigenvalue weighted by atomic mass is 16.8. The van der Waals surface area contributed by atoms with Gasteiger partial charge in [0.2, 0.25) is 0 Å². The number of rotatable bonds is 2. The van der Waals surface area contributed by atoms with Crippen molar-refractivity contribution >= 4 is 6.16 Å². The second-order valence-corrected chi connectivity index (χ2v) is 9.94. The first-order valence-electron chi connectivity index (χ1n) is 10.5. The molecule has 0 radical (unpaired) electrons. The van der Waals surface area contributed by atoms with Crippen LogP contribution in [0.3, 0.4) is 0 Å². The maximum absolute atomic E-state index is 12.4. The van der Waals surface area contributed by atoms with Crippen LogP contribution in [0.15, 0.2) is 0 Å². The van der Waals surface area contributed by atoms with Crippen molar-refractivity contribution in [2.75, 3.05) is 6.61 Å². The van der Waals surface area contributed by atoms with Gasteiger partial charge in [0.15, 0.2) is 11.2 Å². The lowest BCUT2D eigenvalue weighted by Crippen LogP contribution is -2.72. The van der Waals surface area contributed by atoms with Crippen LogP contribution in [0.5, 0.6) is 0 Å². The molecular formula is C21H34O5. The molecule has 1 spiro atoms. The summed E-state index contributed by atoms with van der Waals surface area (Å²) in [5.41, 5.74) is -1.44. The molecule has 148 valence electrons. The van der Waals surface area contributed by atoms with Crippen LogP contribution in [-0.2, 0) is 9.47 Å². The Bertz CT molecular complexity index is 577. The molecule has 4 rings (SSSR count). The van der Waals surface area contributed by atoms with Crippen LogP contribution in [0.1, 0.15) is 59.8 Å². The fraction of sp³-hybridized carbons (Fsp3) is 0.952. The molecule has 3 aliphatic carbocycles. The van der Waals surface area contributed by atoms with Gasteiger partial charge in [-0.15, -0.1) is 0 Å². The van der Waals surface area contributed by atoms with E-state index in [2.05, 4.69) is 20.8 Å². The Balaban J connectivity index is 1.92. The van der Waals surface area contributed by atoms with Crippen molar-refractivity contribution in [2.45, 2.75) is 77.1 Å². The molecule has 1 unspecified atom stereocenters. The van der Waals surface area contributed by atoms with Gasteiger partial charge in [-0.25, -0.2) is 4.79 Å². The van der Waals surface area contributed by atoms with E-state index in [0.29, 0.717) is 30.1 Å². The predicted octanol–water partition coefficient (Wildman–Crippen LogP) is 3.37. The molecule has 5 nitrogen and oxygen atoms in total. The Kier molecular flexibility index (Phi) is 4.35. The zero-order valence-electron chi connectivity index (χ0n) is 16.5. The highest BCUT2D eigenvalue weighted by Gasteiger charge is 2.75. The number of aliphatic hydroxyl groups is 2. The summed E-state index contributed by atoms with van der Waals surface area (Å²) in [5.74, 6) is 1.45. The van der Waals surface area contributed by atoms with Crippen LogP contribution >= 0.6 is 0 Å². The Labute approximate surface area is 156 Å². The van der Waals surface area contributed by atoms with E-state index in [1.807, 2.05) is 6.92 Å². The summed E-state index contributed by atoms with van der Waals surface area (Å²) in [7, 11) is 0. The Morgan fingerprint density at radius 2 is 1.96 bits per heavy atom. The molecule has 4 aliphatic rings. The van der Waals surface area contributed by atoms with Gasteiger partial charge in [0.25, 0.3) is 0 Å². The van der Waals surface area contributed by atoms with Gasteiger partial charge in [-0.05, 0) is 56.3 Å². The summed E-state index contributed by atoms with van der Waals surface area (Å²) in [4.78, 5) is 12.4. The van der Waals surface area contributed by atoms with E-state index in [0.717, 1.165) is 25.7 Å². The van der Waals surface area contributed by atoms with E-state index in [1.54, 1.807) is 0 Å². The summed E-state index contributed by atoms with van der Waals surface area (Å²) in [6.07, 6.45) is 3.47. The first-order valence-corrected chi connectivity index (χ1v) is 10.5. The van der Waals surface area contributed by atoms with Crippen molar-refractivity contribution in [1.82, 2.24) is 0 Å². The van der Waals surface area contributed by atoms with Crippen LogP contribution in [0.2, 0.25) is 0 Å². The molecule has 0 aromatic rings. The normalized spacial score (nSPS) is 53.3. The lowest BCUT2D eigenvalue weighted by atomic mass is 9.44. The van der Waals surface area contributed by atoms with Crippen LogP contribution < -0.4 is 0 Å². The van der Waals surface area contributed by atoms with E-state index in [4.69, 9.17) is 9.47 Å². The zero-order chi connectivity index (χ0) is 18.9. The molecule has 5 heteroatoms. The van der Waals surface area contributed by atoms with Gasteiger partial charge < -0.3 is 19.7 Å². The van der Waals surface area contributed by atoms with Crippen molar-refractivity contribution in [3.05, 3.63) is 0 Å². The van der Waals surface area contributed by atoms with Crippen molar-refractivity contribution in [3.8, 4) is 0 Å². The van der Waals surface area contributed by atoms with Gasteiger partial charge in [-0.2, -0.15) is 0 Å². The van der Waals surface area contributed by atoms with Gasteiger partial charge in [0.05, 0.1) is 6.10 Å². The predicted molar refractivity (Wildman–Crippen MR) is 96.3 cm³/mol. The number of carbonyl (C=O) groups excluding carboxylic acids is 1. The number of hydrogen-bond donors (Lipinski definition) is 2. The standard InChI is InChI=1S/C21H34O5/c1-11(2)14-6-5-12(3)15-7-8-20(4)21(26-19(24)25-20)16(14)9-13(10-22)18(23)17(15)21/h11-18,22-23H,5-10H2,1-4H3/t12?,13-,14+,15-,16-,17-,18+,20+,21-/m0/s1. The fourth-order valence-electron chi connectivity index (χ4n) is 7.28. The van der Waals surface area contributed by atoms with E-state index in [1.165, 1.54) is 0 Å². The molecule has 0 amide bonds. The van der Waals surface area contributed by atoms with E-state index < -0.39 is 23.5 Å². The minimum absolute atomic E-state index is 0.0122. The molecule has 0 aromatic carbocycles. The molecule has 1 aliphatic heterocycles. The third-order valence-electron chi connectivity index (χ3n) is 8.55. The third-order valence-corrected chi connectivity index (χ3v) is 8.55. The third kappa shape index (κ3) is 2.25. The summed E-state index contributed by atoms with van der Waals surface area (Å²) >= 11 is 0. The molecule has 2 N–H and O–H groups in total. The van der Waals surface area contributed by atoms with E-state index in [-0.39, 0.29) is 24.4 Å². The first-order chi connectivity index (χ1) is 12.2. The molecule has 1 heterocycles. The summed E-state index contributed by atoms with van der Waals surface area (Å²) in [6, 6.07) is 0. The molecule has 4 fully saturated rings. The highest BCUT2D eigenvalue weighted by Crippen LogP contribution is 2.65. The maximum Gasteiger partial charge on any atom is 0.509 e.